The number of nitrogens with zero attached hydrogens (tertiary/aromatic N) is 3. The van der Waals surface area contributed by atoms with Crippen molar-refractivity contribution in [1.82, 2.24) is 14.4 Å². The fourth-order valence-corrected chi connectivity index (χ4v) is 5.91. The summed E-state index contributed by atoms with van der Waals surface area (Å²) in [4.78, 5) is 18.0. The lowest BCUT2D eigenvalue weighted by Crippen LogP contribution is -2.37. The van der Waals surface area contributed by atoms with Gasteiger partial charge in [-0.3, -0.25) is 9.69 Å². The van der Waals surface area contributed by atoms with Crippen molar-refractivity contribution < 1.29 is 4.79 Å². The molecule has 0 radical (unpaired) electrons. The zero-order chi connectivity index (χ0) is 22.1. The molecule has 1 saturated heterocycles. The van der Waals surface area contributed by atoms with E-state index in [1.165, 1.54) is 48.0 Å². The number of benzene rings is 1. The van der Waals surface area contributed by atoms with Gasteiger partial charge in [0.25, 0.3) is 5.91 Å². The molecule has 1 fully saturated rings. The second-order valence-corrected chi connectivity index (χ2v) is 10.2. The monoisotopic (exact) mass is 431 g/mol. The maximum atomic E-state index is 13.3. The number of aromatic nitrogens is 1. The van der Waals surface area contributed by atoms with Crippen LogP contribution in [0.3, 0.4) is 0 Å². The first kappa shape index (κ1) is 21.5. The molecule has 0 spiro atoms. The summed E-state index contributed by atoms with van der Waals surface area (Å²) in [5, 5.41) is 1.27. The number of carbonyl (C=O) groups excluding carboxylic acids is 1. The van der Waals surface area contributed by atoms with E-state index in [0.717, 1.165) is 69.4 Å². The lowest BCUT2D eigenvalue weighted by atomic mass is 9.93. The quantitative estimate of drug-likeness (QED) is 0.592. The molecule has 0 saturated carbocycles. The van der Waals surface area contributed by atoms with E-state index in [4.69, 9.17) is 0 Å². The van der Waals surface area contributed by atoms with Gasteiger partial charge in [0.05, 0.1) is 0 Å². The Hall–Kier alpha value is -2.33. The molecule has 1 aliphatic carbocycles. The van der Waals surface area contributed by atoms with Crippen LogP contribution in [0.2, 0.25) is 0 Å². The molecule has 170 valence electrons. The highest BCUT2D eigenvalue weighted by molar-refractivity contribution is 5.99. The van der Waals surface area contributed by atoms with Gasteiger partial charge in [0.1, 0.15) is 0 Å². The molecular weight excluding hydrogens is 394 g/mol. The predicted molar refractivity (Wildman–Crippen MR) is 132 cm³/mol. The molecule has 1 aromatic carbocycles. The van der Waals surface area contributed by atoms with Gasteiger partial charge in [-0.1, -0.05) is 25.2 Å². The van der Waals surface area contributed by atoms with Crippen LogP contribution in [-0.4, -0.2) is 46.5 Å². The maximum absolute atomic E-state index is 13.3. The van der Waals surface area contributed by atoms with E-state index in [-0.39, 0.29) is 5.91 Å². The standard InChI is InChI=1S/C28H37N3O/c1-3-14-31-26-10-9-23(28(32)30-16-11-21(2)12-17-30)18-24(26)25-20-29(15-13-27(25)31)19-22-7-5-4-6-8-22/h3-5,9-10,18,21-22H,1,6-8,11-17,19-20H2,2H3. The zero-order valence-electron chi connectivity index (χ0n) is 19.6. The van der Waals surface area contributed by atoms with Crippen LogP contribution in [0, 0.1) is 11.8 Å². The predicted octanol–water partition coefficient (Wildman–Crippen LogP) is 5.41. The third-order valence-electron chi connectivity index (χ3n) is 7.86. The summed E-state index contributed by atoms with van der Waals surface area (Å²) in [6, 6.07) is 6.40. The number of fused-ring (bicyclic) bond motifs is 3. The van der Waals surface area contributed by atoms with E-state index in [1.54, 1.807) is 0 Å². The van der Waals surface area contributed by atoms with Crippen molar-refractivity contribution >= 4 is 16.8 Å². The highest BCUT2D eigenvalue weighted by Gasteiger charge is 2.27. The fraction of sp³-hybridized carbons (Fsp3) is 0.536. The van der Waals surface area contributed by atoms with Crippen LogP contribution in [0.1, 0.15) is 60.6 Å². The molecule has 3 aliphatic rings. The molecular formula is C28H37N3O. The molecule has 2 aliphatic heterocycles. The van der Waals surface area contributed by atoms with Crippen LogP contribution in [0.4, 0.5) is 0 Å². The van der Waals surface area contributed by atoms with Gasteiger partial charge in [-0.25, -0.2) is 0 Å². The van der Waals surface area contributed by atoms with Crippen LogP contribution in [-0.2, 0) is 19.5 Å². The van der Waals surface area contributed by atoms with Gasteiger partial charge in [0.2, 0.25) is 0 Å². The second kappa shape index (κ2) is 9.27. The Morgan fingerprint density at radius 2 is 2.00 bits per heavy atom. The normalized spacial score (nSPS) is 22.3. The van der Waals surface area contributed by atoms with Crippen molar-refractivity contribution in [3.63, 3.8) is 0 Å². The molecule has 1 aromatic heterocycles. The van der Waals surface area contributed by atoms with E-state index >= 15 is 0 Å². The summed E-state index contributed by atoms with van der Waals surface area (Å²) >= 11 is 0. The fourth-order valence-electron chi connectivity index (χ4n) is 5.91. The minimum absolute atomic E-state index is 0.200. The van der Waals surface area contributed by atoms with Gasteiger partial charge in [0.15, 0.2) is 0 Å². The van der Waals surface area contributed by atoms with Crippen LogP contribution < -0.4 is 0 Å². The van der Waals surface area contributed by atoms with E-state index < -0.39 is 0 Å². The van der Waals surface area contributed by atoms with Gasteiger partial charge in [-0.15, -0.1) is 6.58 Å². The van der Waals surface area contributed by atoms with Gasteiger partial charge >= 0.3 is 0 Å². The molecule has 2 aromatic rings. The number of hydrogen-bond donors (Lipinski definition) is 0. The molecule has 0 N–H and O–H groups in total. The summed E-state index contributed by atoms with van der Waals surface area (Å²) < 4.78 is 2.43. The number of allylic oxidation sites excluding steroid dienone is 3. The molecule has 1 atom stereocenters. The number of likely N-dealkylation sites (tertiary alicyclic amines) is 1. The largest absolute Gasteiger partial charge is 0.340 e. The molecule has 4 nitrogen and oxygen atoms in total. The maximum Gasteiger partial charge on any atom is 0.253 e. The van der Waals surface area contributed by atoms with Gasteiger partial charge < -0.3 is 9.47 Å². The van der Waals surface area contributed by atoms with Gasteiger partial charge in [0, 0.05) is 67.8 Å². The molecule has 0 bridgehead atoms. The summed E-state index contributed by atoms with van der Waals surface area (Å²) in [5.74, 6) is 1.71. The summed E-state index contributed by atoms with van der Waals surface area (Å²) in [5.41, 5.74) is 4.97. The van der Waals surface area contributed by atoms with E-state index in [1.807, 2.05) is 12.1 Å². The highest BCUT2D eigenvalue weighted by Crippen LogP contribution is 2.33. The first-order valence-electron chi connectivity index (χ1n) is 12.6. The van der Waals surface area contributed by atoms with Gasteiger partial charge in [-0.05, 0) is 67.7 Å². The Bertz CT molecular complexity index is 1020. The smallest absolute Gasteiger partial charge is 0.253 e. The third-order valence-corrected chi connectivity index (χ3v) is 7.86. The third kappa shape index (κ3) is 4.17. The van der Waals surface area contributed by atoms with E-state index in [9.17, 15) is 4.79 Å². The Kier molecular flexibility index (Phi) is 6.23. The second-order valence-electron chi connectivity index (χ2n) is 10.2. The highest BCUT2D eigenvalue weighted by atomic mass is 16.2. The number of amides is 1. The molecule has 32 heavy (non-hydrogen) atoms. The Labute approximate surface area is 192 Å². The number of hydrogen-bond acceptors (Lipinski definition) is 2. The summed E-state index contributed by atoms with van der Waals surface area (Å²) in [7, 11) is 0. The van der Waals surface area contributed by atoms with Crippen molar-refractivity contribution in [1.29, 1.82) is 0 Å². The first-order valence-corrected chi connectivity index (χ1v) is 12.6. The molecule has 3 heterocycles. The van der Waals surface area contributed by atoms with E-state index in [2.05, 4.69) is 52.2 Å². The average molecular weight is 432 g/mol. The number of rotatable bonds is 5. The molecule has 1 amide bonds. The van der Waals surface area contributed by atoms with Crippen molar-refractivity contribution in [2.45, 2.75) is 58.5 Å². The Morgan fingerprint density at radius 1 is 1.16 bits per heavy atom. The van der Waals surface area contributed by atoms with Crippen molar-refractivity contribution in [3.8, 4) is 0 Å². The first-order chi connectivity index (χ1) is 15.6. The minimum Gasteiger partial charge on any atom is -0.340 e. The SMILES string of the molecule is C=CCn1c2c(c3cc(C(=O)N4CCC(C)CC4)ccc31)CN(CC1CC=CCC1)CC2. The Morgan fingerprint density at radius 3 is 2.75 bits per heavy atom. The van der Waals surface area contributed by atoms with Crippen molar-refractivity contribution in [2.24, 2.45) is 11.8 Å². The summed E-state index contributed by atoms with van der Waals surface area (Å²) in [6.45, 7) is 12.2. The zero-order valence-corrected chi connectivity index (χ0v) is 19.6. The van der Waals surface area contributed by atoms with Crippen LogP contribution in [0.25, 0.3) is 10.9 Å². The number of piperidine rings is 1. The van der Waals surface area contributed by atoms with E-state index in [0.29, 0.717) is 0 Å². The van der Waals surface area contributed by atoms with Crippen LogP contribution in [0.5, 0.6) is 0 Å². The summed E-state index contributed by atoms with van der Waals surface area (Å²) in [6.07, 6.45) is 13.7. The van der Waals surface area contributed by atoms with Crippen LogP contribution >= 0.6 is 0 Å². The van der Waals surface area contributed by atoms with Crippen molar-refractivity contribution in [3.05, 3.63) is 59.8 Å². The molecule has 1 unspecified atom stereocenters. The lowest BCUT2D eigenvalue weighted by Gasteiger charge is -2.32. The molecule has 4 heteroatoms. The Balaban J connectivity index is 1.44. The van der Waals surface area contributed by atoms with Crippen molar-refractivity contribution in [2.75, 3.05) is 26.2 Å². The average Bonchev–Trinajstić information content (AvgIpc) is 3.12. The topological polar surface area (TPSA) is 28.5 Å². The van der Waals surface area contributed by atoms with Gasteiger partial charge in [-0.2, -0.15) is 0 Å². The number of carbonyl (C=O) groups is 1. The van der Waals surface area contributed by atoms with Crippen LogP contribution in [0.15, 0.2) is 43.0 Å². The molecule has 5 rings (SSSR count). The minimum atomic E-state index is 0.200. The lowest BCUT2D eigenvalue weighted by molar-refractivity contribution is 0.0697.